The lowest BCUT2D eigenvalue weighted by molar-refractivity contribution is -0.141. The number of nitrogens with two attached hydrogens (primary N) is 1. The quantitative estimate of drug-likeness (QED) is 0.849. The number of carbonyl (C=O) groups is 1. The zero-order chi connectivity index (χ0) is 13.9. The third kappa shape index (κ3) is 3.16. The Kier molecular flexibility index (Phi) is 4.61. The van der Waals surface area contributed by atoms with Gasteiger partial charge in [0.1, 0.15) is 5.82 Å². The van der Waals surface area contributed by atoms with Gasteiger partial charge in [-0.15, -0.1) is 0 Å². The van der Waals surface area contributed by atoms with Gasteiger partial charge in [-0.05, 0) is 12.5 Å². The predicted molar refractivity (Wildman–Crippen MR) is 61.3 cm³/mol. The summed E-state index contributed by atoms with van der Waals surface area (Å²) in [4.78, 5) is 10.7. The maximum atomic E-state index is 13.6. The molecule has 0 aliphatic carbocycles. The maximum Gasteiger partial charge on any atom is 0.306 e. The molecule has 0 radical (unpaired) electrons. The average Bonchev–Trinajstić information content (AvgIpc) is 2.31. The minimum atomic E-state index is -1.03. The van der Waals surface area contributed by atoms with Crippen LogP contribution in [-0.2, 0) is 4.79 Å². The second kappa shape index (κ2) is 5.77. The van der Waals surface area contributed by atoms with E-state index in [4.69, 9.17) is 10.8 Å². The highest BCUT2D eigenvalue weighted by Crippen LogP contribution is 2.27. The SMILES string of the molecule is COc1cc(F)c(C(N)CC(C)C(=O)O)cc1F. The van der Waals surface area contributed by atoms with E-state index >= 15 is 0 Å². The summed E-state index contributed by atoms with van der Waals surface area (Å²) in [5.41, 5.74) is 5.63. The highest BCUT2D eigenvalue weighted by molar-refractivity contribution is 5.69. The molecule has 0 saturated heterocycles. The molecule has 0 bridgehead atoms. The fourth-order valence-corrected chi connectivity index (χ4v) is 1.59. The van der Waals surface area contributed by atoms with Crippen LogP contribution in [0.25, 0.3) is 0 Å². The Hall–Kier alpha value is -1.69. The topological polar surface area (TPSA) is 72.5 Å². The van der Waals surface area contributed by atoms with Gasteiger partial charge in [-0.2, -0.15) is 0 Å². The number of halogens is 2. The molecule has 2 unspecified atom stereocenters. The molecule has 2 atom stereocenters. The molecule has 4 nitrogen and oxygen atoms in total. The lowest BCUT2D eigenvalue weighted by atomic mass is 9.96. The molecule has 0 saturated carbocycles. The van der Waals surface area contributed by atoms with Gasteiger partial charge < -0.3 is 15.6 Å². The van der Waals surface area contributed by atoms with Gasteiger partial charge in [0.2, 0.25) is 0 Å². The molecule has 0 aliphatic rings. The van der Waals surface area contributed by atoms with Crippen molar-refractivity contribution in [3.8, 4) is 5.75 Å². The first-order chi connectivity index (χ1) is 8.36. The Morgan fingerprint density at radius 2 is 2.06 bits per heavy atom. The minimum absolute atomic E-state index is 0.0258. The first-order valence-corrected chi connectivity index (χ1v) is 5.38. The van der Waals surface area contributed by atoms with Crippen molar-refractivity contribution in [1.29, 1.82) is 0 Å². The summed E-state index contributed by atoms with van der Waals surface area (Å²) in [6.07, 6.45) is 0.0258. The molecule has 100 valence electrons. The van der Waals surface area contributed by atoms with Crippen molar-refractivity contribution >= 4 is 5.97 Å². The zero-order valence-electron chi connectivity index (χ0n) is 10.1. The Bertz CT molecular complexity index is 451. The van der Waals surface area contributed by atoms with E-state index in [2.05, 4.69) is 4.74 Å². The van der Waals surface area contributed by atoms with E-state index in [9.17, 15) is 13.6 Å². The average molecular weight is 259 g/mol. The van der Waals surface area contributed by atoms with Crippen molar-refractivity contribution in [2.75, 3.05) is 7.11 Å². The molecule has 0 amide bonds. The molecule has 0 aromatic heterocycles. The van der Waals surface area contributed by atoms with Crippen LogP contribution >= 0.6 is 0 Å². The highest BCUT2D eigenvalue weighted by atomic mass is 19.1. The van der Waals surface area contributed by atoms with Gasteiger partial charge in [0, 0.05) is 17.7 Å². The van der Waals surface area contributed by atoms with Crippen molar-refractivity contribution < 1.29 is 23.4 Å². The monoisotopic (exact) mass is 259 g/mol. The fourth-order valence-electron chi connectivity index (χ4n) is 1.59. The molecule has 3 N–H and O–H groups in total. The van der Waals surface area contributed by atoms with Crippen LogP contribution in [0.1, 0.15) is 24.9 Å². The van der Waals surface area contributed by atoms with Gasteiger partial charge in [0.05, 0.1) is 13.0 Å². The molecule has 0 fully saturated rings. The molecular weight excluding hydrogens is 244 g/mol. The molecule has 18 heavy (non-hydrogen) atoms. The first kappa shape index (κ1) is 14.4. The minimum Gasteiger partial charge on any atom is -0.494 e. The van der Waals surface area contributed by atoms with Crippen molar-refractivity contribution in [1.82, 2.24) is 0 Å². The van der Waals surface area contributed by atoms with Crippen LogP contribution in [0.5, 0.6) is 5.75 Å². The Morgan fingerprint density at radius 3 is 2.56 bits per heavy atom. The summed E-state index contributed by atoms with van der Waals surface area (Å²) >= 11 is 0. The Labute approximate surface area is 103 Å². The van der Waals surface area contributed by atoms with E-state index < -0.39 is 29.6 Å². The molecule has 0 heterocycles. The van der Waals surface area contributed by atoms with Gasteiger partial charge in [0.25, 0.3) is 0 Å². The van der Waals surface area contributed by atoms with Crippen LogP contribution in [0, 0.1) is 17.6 Å². The highest BCUT2D eigenvalue weighted by Gasteiger charge is 2.21. The van der Waals surface area contributed by atoms with Gasteiger partial charge >= 0.3 is 5.97 Å². The first-order valence-electron chi connectivity index (χ1n) is 5.38. The summed E-state index contributed by atoms with van der Waals surface area (Å²) < 4.78 is 31.7. The van der Waals surface area contributed by atoms with Gasteiger partial charge in [-0.1, -0.05) is 6.92 Å². The summed E-state index contributed by atoms with van der Waals surface area (Å²) in [7, 11) is 1.23. The number of benzene rings is 1. The third-order valence-electron chi connectivity index (χ3n) is 2.70. The number of carboxylic acids is 1. The van der Waals surface area contributed by atoms with Gasteiger partial charge in [-0.3, -0.25) is 4.79 Å². The van der Waals surface area contributed by atoms with E-state index in [-0.39, 0.29) is 17.7 Å². The number of ether oxygens (including phenoxy) is 1. The lowest BCUT2D eigenvalue weighted by Gasteiger charge is -2.16. The summed E-state index contributed by atoms with van der Waals surface area (Å²) in [5, 5.41) is 8.74. The van der Waals surface area contributed by atoms with Crippen molar-refractivity contribution in [2.45, 2.75) is 19.4 Å². The molecule has 0 aliphatic heterocycles. The van der Waals surface area contributed by atoms with Crippen molar-refractivity contribution in [3.63, 3.8) is 0 Å². The number of carboxylic acid groups (broad SMARTS) is 1. The smallest absolute Gasteiger partial charge is 0.306 e. The normalized spacial score (nSPS) is 14.1. The van der Waals surface area contributed by atoms with Crippen molar-refractivity contribution in [2.24, 2.45) is 11.7 Å². The predicted octanol–water partition coefficient (Wildman–Crippen LogP) is 2.08. The van der Waals surface area contributed by atoms with Gasteiger partial charge in [0.15, 0.2) is 11.6 Å². The van der Waals surface area contributed by atoms with Crippen LogP contribution < -0.4 is 10.5 Å². The Morgan fingerprint density at radius 1 is 1.44 bits per heavy atom. The van der Waals surface area contributed by atoms with E-state index in [0.29, 0.717) is 0 Å². The molecular formula is C12H15F2NO3. The summed E-state index contributed by atoms with van der Waals surface area (Å²) in [6.45, 7) is 1.46. The number of aliphatic carboxylic acids is 1. The zero-order valence-corrected chi connectivity index (χ0v) is 10.1. The van der Waals surface area contributed by atoms with Crippen LogP contribution in [-0.4, -0.2) is 18.2 Å². The standard InChI is InChI=1S/C12H15F2NO3/c1-6(12(16)17)3-10(15)7-4-9(14)11(18-2)5-8(7)13/h4-6,10H,3,15H2,1-2H3,(H,16,17). The van der Waals surface area contributed by atoms with E-state index in [1.54, 1.807) is 0 Å². The van der Waals surface area contributed by atoms with E-state index in [1.807, 2.05) is 0 Å². The van der Waals surface area contributed by atoms with Crippen LogP contribution in [0.3, 0.4) is 0 Å². The summed E-state index contributed by atoms with van der Waals surface area (Å²) in [6, 6.07) is 0.958. The third-order valence-corrected chi connectivity index (χ3v) is 2.70. The second-order valence-corrected chi connectivity index (χ2v) is 4.09. The number of rotatable bonds is 5. The molecule has 1 aromatic carbocycles. The molecule has 0 spiro atoms. The second-order valence-electron chi connectivity index (χ2n) is 4.09. The fraction of sp³-hybridized carbons (Fsp3) is 0.417. The molecule has 1 rings (SSSR count). The van der Waals surface area contributed by atoms with Crippen molar-refractivity contribution in [3.05, 3.63) is 29.3 Å². The number of hydrogen-bond donors (Lipinski definition) is 2. The molecule has 1 aromatic rings. The van der Waals surface area contributed by atoms with Crippen LogP contribution in [0.2, 0.25) is 0 Å². The number of hydrogen-bond acceptors (Lipinski definition) is 3. The summed E-state index contributed by atoms with van der Waals surface area (Å²) in [5.74, 6) is -3.41. The maximum absolute atomic E-state index is 13.6. The van der Waals surface area contributed by atoms with Crippen LogP contribution in [0.15, 0.2) is 12.1 Å². The van der Waals surface area contributed by atoms with E-state index in [1.165, 1.54) is 14.0 Å². The number of methoxy groups -OCH3 is 1. The Balaban J connectivity index is 2.96. The molecule has 6 heteroatoms. The largest absolute Gasteiger partial charge is 0.494 e. The van der Waals surface area contributed by atoms with Crippen LogP contribution in [0.4, 0.5) is 8.78 Å². The van der Waals surface area contributed by atoms with E-state index in [0.717, 1.165) is 12.1 Å². The van der Waals surface area contributed by atoms with Gasteiger partial charge in [-0.25, -0.2) is 8.78 Å². The lowest BCUT2D eigenvalue weighted by Crippen LogP contribution is -2.20.